The fourth-order valence-electron chi connectivity index (χ4n) is 4.91. The first-order valence-corrected chi connectivity index (χ1v) is 10.8. The first kappa shape index (κ1) is 19.6. The lowest BCUT2D eigenvalue weighted by Gasteiger charge is -2.38. The van der Waals surface area contributed by atoms with Crippen molar-refractivity contribution >= 4 is 11.6 Å². The molecule has 0 bridgehead atoms. The molecule has 1 aliphatic carbocycles. The molecule has 0 spiro atoms. The molecule has 4 heteroatoms. The van der Waals surface area contributed by atoms with Crippen LogP contribution in [0.5, 0.6) is 0 Å². The summed E-state index contributed by atoms with van der Waals surface area (Å²) in [4.78, 5) is 13.3. The van der Waals surface area contributed by atoms with E-state index in [1.165, 1.54) is 12.1 Å². The van der Waals surface area contributed by atoms with E-state index in [0.29, 0.717) is 11.5 Å². The van der Waals surface area contributed by atoms with Crippen LogP contribution in [0.3, 0.4) is 0 Å². The second kappa shape index (κ2) is 8.03. The Morgan fingerprint density at radius 2 is 1.81 bits per heavy atom. The largest absolute Gasteiger partial charge is 0.377 e. The fraction of sp³-hybridized carbons (Fsp3) is 0.222. The van der Waals surface area contributed by atoms with E-state index in [2.05, 4.69) is 28.9 Å². The average molecular weight is 413 g/mol. The molecule has 1 aliphatic heterocycles. The van der Waals surface area contributed by atoms with Crippen molar-refractivity contribution in [2.24, 2.45) is 5.92 Å². The van der Waals surface area contributed by atoms with Crippen LogP contribution in [0.15, 0.2) is 84.9 Å². The minimum atomic E-state index is -0.240. The number of rotatable bonds is 4. The number of anilines is 1. The van der Waals surface area contributed by atoms with Crippen LogP contribution in [0.2, 0.25) is 0 Å². The van der Waals surface area contributed by atoms with E-state index in [0.717, 1.165) is 28.8 Å². The molecule has 3 aromatic carbocycles. The number of nitrogens with one attached hydrogen (secondary N) is 2. The highest BCUT2D eigenvalue weighted by Crippen LogP contribution is 2.50. The summed E-state index contributed by atoms with van der Waals surface area (Å²) in [6.45, 7) is 1.99. The Balaban J connectivity index is 1.48. The number of hydrogen-bond acceptors (Lipinski definition) is 2. The third kappa shape index (κ3) is 3.63. The van der Waals surface area contributed by atoms with Crippen molar-refractivity contribution in [1.29, 1.82) is 0 Å². The van der Waals surface area contributed by atoms with E-state index in [9.17, 15) is 9.18 Å². The summed E-state index contributed by atoms with van der Waals surface area (Å²) in [5.41, 5.74) is 4.78. The van der Waals surface area contributed by atoms with Crippen LogP contribution < -0.4 is 10.6 Å². The molecule has 0 saturated heterocycles. The molecule has 2 N–H and O–H groups in total. The Hall–Kier alpha value is -3.40. The van der Waals surface area contributed by atoms with Crippen molar-refractivity contribution in [2.45, 2.75) is 31.3 Å². The molecule has 1 amide bonds. The summed E-state index contributed by atoms with van der Waals surface area (Å²) in [5.74, 6) is 0.250. The summed E-state index contributed by atoms with van der Waals surface area (Å²) in [5, 5.41) is 6.78. The maximum atomic E-state index is 13.5. The van der Waals surface area contributed by atoms with E-state index in [-0.39, 0.29) is 29.7 Å². The molecule has 4 unspecified atom stereocenters. The highest BCUT2D eigenvalue weighted by molar-refractivity contribution is 6.01. The highest BCUT2D eigenvalue weighted by atomic mass is 19.1. The van der Waals surface area contributed by atoms with E-state index in [1.807, 2.05) is 61.5 Å². The van der Waals surface area contributed by atoms with Gasteiger partial charge in [-0.1, -0.05) is 66.7 Å². The summed E-state index contributed by atoms with van der Waals surface area (Å²) in [7, 11) is 0. The van der Waals surface area contributed by atoms with Crippen molar-refractivity contribution in [3.8, 4) is 0 Å². The molecule has 4 atom stereocenters. The maximum absolute atomic E-state index is 13.5. The predicted molar refractivity (Wildman–Crippen MR) is 122 cm³/mol. The molecule has 0 aromatic heterocycles. The number of amides is 1. The van der Waals surface area contributed by atoms with Gasteiger partial charge in [0.05, 0.1) is 23.3 Å². The lowest BCUT2D eigenvalue weighted by Crippen LogP contribution is -2.32. The molecule has 5 rings (SSSR count). The van der Waals surface area contributed by atoms with Gasteiger partial charge in [-0.3, -0.25) is 4.79 Å². The minimum absolute atomic E-state index is 0.0218. The number of para-hydroxylation sites is 1. The zero-order valence-corrected chi connectivity index (χ0v) is 17.4. The van der Waals surface area contributed by atoms with Crippen molar-refractivity contribution in [1.82, 2.24) is 5.32 Å². The molecule has 2 aliphatic rings. The van der Waals surface area contributed by atoms with E-state index in [4.69, 9.17) is 0 Å². The zero-order valence-electron chi connectivity index (χ0n) is 17.4. The molecule has 0 fully saturated rings. The van der Waals surface area contributed by atoms with Gasteiger partial charge in [0.25, 0.3) is 5.91 Å². The monoisotopic (exact) mass is 412 g/mol. The van der Waals surface area contributed by atoms with Crippen LogP contribution in [0, 0.1) is 11.7 Å². The first-order valence-electron chi connectivity index (χ1n) is 10.8. The minimum Gasteiger partial charge on any atom is -0.377 e. The van der Waals surface area contributed by atoms with Gasteiger partial charge in [0.2, 0.25) is 0 Å². The Bertz CT molecular complexity index is 1120. The normalized spacial score (nSPS) is 22.2. The van der Waals surface area contributed by atoms with Gasteiger partial charge < -0.3 is 10.6 Å². The molecular weight excluding hydrogens is 387 g/mol. The van der Waals surface area contributed by atoms with Gasteiger partial charge in [-0.15, -0.1) is 0 Å². The number of hydrogen-bond donors (Lipinski definition) is 2. The van der Waals surface area contributed by atoms with Gasteiger partial charge in [-0.25, -0.2) is 4.39 Å². The summed E-state index contributed by atoms with van der Waals surface area (Å²) in [6.07, 6.45) is 5.42. The van der Waals surface area contributed by atoms with Crippen LogP contribution in [-0.4, -0.2) is 5.91 Å². The molecule has 3 aromatic rings. The molecule has 0 saturated carbocycles. The molecule has 156 valence electrons. The number of halogens is 1. The van der Waals surface area contributed by atoms with Gasteiger partial charge in [0.1, 0.15) is 5.82 Å². The molecule has 1 heterocycles. The van der Waals surface area contributed by atoms with Gasteiger partial charge in [0, 0.05) is 5.92 Å². The Kier molecular flexibility index (Phi) is 5.06. The Morgan fingerprint density at radius 3 is 2.58 bits per heavy atom. The second-order valence-corrected chi connectivity index (χ2v) is 8.40. The third-order valence-electron chi connectivity index (χ3n) is 6.52. The van der Waals surface area contributed by atoms with Gasteiger partial charge >= 0.3 is 0 Å². The van der Waals surface area contributed by atoms with E-state index < -0.39 is 0 Å². The standard InChI is InChI=1S/C27H25FN2O/c1-17(18-7-3-2-4-8-18)29-27(31)24-12-6-11-23-21-9-5-10-22(21)25(30-26(23)24)19-13-15-20(28)16-14-19/h2-9,11-17,21-22,25,30H,10H2,1H3,(H,29,31). The number of carbonyl (C=O) groups is 1. The Morgan fingerprint density at radius 1 is 1.03 bits per heavy atom. The number of carbonyl (C=O) groups excluding carboxylic acids is 1. The van der Waals surface area contributed by atoms with Crippen LogP contribution in [0.4, 0.5) is 10.1 Å². The van der Waals surface area contributed by atoms with E-state index in [1.54, 1.807) is 0 Å². The lowest BCUT2D eigenvalue weighted by molar-refractivity contribution is 0.0940. The van der Waals surface area contributed by atoms with Crippen molar-refractivity contribution in [3.05, 3.63) is 113 Å². The van der Waals surface area contributed by atoms with Crippen LogP contribution in [-0.2, 0) is 0 Å². The maximum Gasteiger partial charge on any atom is 0.253 e. The molecule has 31 heavy (non-hydrogen) atoms. The van der Waals surface area contributed by atoms with Gasteiger partial charge in [-0.05, 0) is 54.2 Å². The van der Waals surface area contributed by atoms with Crippen LogP contribution in [0.1, 0.15) is 58.4 Å². The van der Waals surface area contributed by atoms with Crippen LogP contribution in [0.25, 0.3) is 0 Å². The summed E-state index contributed by atoms with van der Waals surface area (Å²) in [6, 6.07) is 22.5. The number of benzene rings is 3. The smallest absolute Gasteiger partial charge is 0.253 e. The topological polar surface area (TPSA) is 41.1 Å². The average Bonchev–Trinajstić information content (AvgIpc) is 3.29. The fourth-order valence-corrected chi connectivity index (χ4v) is 4.91. The van der Waals surface area contributed by atoms with Gasteiger partial charge in [-0.2, -0.15) is 0 Å². The predicted octanol–water partition coefficient (Wildman–Crippen LogP) is 6.14. The van der Waals surface area contributed by atoms with Gasteiger partial charge in [0.15, 0.2) is 0 Å². The summed E-state index contributed by atoms with van der Waals surface area (Å²) >= 11 is 0. The van der Waals surface area contributed by atoms with Crippen molar-refractivity contribution < 1.29 is 9.18 Å². The quantitative estimate of drug-likeness (QED) is 0.505. The Labute approximate surface area is 182 Å². The summed E-state index contributed by atoms with van der Waals surface area (Å²) < 4.78 is 13.5. The van der Waals surface area contributed by atoms with Crippen LogP contribution >= 0.6 is 0 Å². The number of fused-ring (bicyclic) bond motifs is 3. The molecular formula is C27H25FN2O. The zero-order chi connectivity index (χ0) is 21.4. The molecule has 0 radical (unpaired) electrons. The lowest BCUT2D eigenvalue weighted by atomic mass is 9.76. The highest BCUT2D eigenvalue weighted by Gasteiger charge is 2.39. The van der Waals surface area contributed by atoms with Crippen molar-refractivity contribution in [3.63, 3.8) is 0 Å². The SMILES string of the molecule is CC(NC(=O)c1cccc2c1NC(c1ccc(F)cc1)C1CC=CC21)c1ccccc1. The second-order valence-electron chi connectivity index (χ2n) is 8.40. The number of allylic oxidation sites excluding steroid dienone is 2. The molecule has 3 nitrogen and oxygen atoms in total. The first-order chi connectivity index (χ1) is 15.1. The van der Waals surface area contributed by atoms with Crippen molar-refractivity contribution in [2.75, 3.05) is 5.32 Å². The third-order valence-corrected chi connectivity index (χ3v) is 6.52. The van der Waals surface area contributed by atoms with E-state index >= 15 is 0 Å².